The highest BCUT2D eigenvalue weighted by molar-refractivity contribution is 9.10. The Hall–Kier alpha value is -1.49. The summed E-state index contributed by atoms with van der Waals surface area (Å²) in [5.41, 5.74) is 0.740. The third kappa shape index (κ3) is 1.46. The van der Waals surface area contributed by atoms with Gasteiger partial charge in [-0.25, -0.2) is 4.79 Å². The van der Waals surface area contributed by atoms with Gasteiger partial charge in [0.05, 0.1) is 17.3 Å². The molecule has 0 fully saturated rings. The fraction of sp³-hybridized carbons (Fsp3) is 0. The Balaban J connectivity index is 2.84. The normalized spacial score (nSPS) is 10.4. The van der Waals surface area contributed by atoms with E-state index in [1.807, 2.05) is 0 Å². The molecule has 0 unspecified atom stereocenters. The minimum absolute atomic E-state index is 0.163. The molecule has 0 aliphatic rings. The van der Waals surface area contributed by atoms with Gasteiger partial charge >= 0.3 is 5.97 Å². The molecule has 1 aromatic heterocycles. The summed E-state index contributed by atoms with van der Waals surface area (Å²) in [4.78, 5) is 10.8. The molecule has 2 aromatic rings. The molecule has 5 heteroatoms. The summed E-state index contributed by atoms with van der Waals surface area (Å²) in [5, 5.41) is 16.9. The molecule has 0 amide bonds. The molecule has 0 aliphatic heterocycles. The average molecular weight is 253 g/mol. The van der Waals surface area contributed by atoms with Crippen molar-refractivity contribution in [3.8, 4) is 0 Å². The summed E-state index contributed by atoms with van der Waals surface area (Å²) in [6, 6.07) is 5.23. The number of benzene rings is 1. The first-order valence-corrected chi connectivity index (χ1v) is 4.62. The van der Waals surface area contributed by atoms with Crippen LogP contribution in [-0.4, -0.2) is 21.3 Å². The van der Waals surface area contributed by atoms with Crippen LogP contribution < -0.4 is 0 Å². The van der Waals surface area contributed by atoms with Crippen molar-refractivity contribution < 1.29 is 9.90 Å². The monoisotopic (exact) mass is 252 g/mol. The third-order valence-corrected chi connectivity index (χ3v) is 2.32. The summed E-state index contributed by atoms with van der Waals surface area (Å²) in [6.07, 6.45) is 1.25. The molecule has 2 rings (SSSR count). The topological polar surface area (TPSA) is 63.1 Å². The minimum atomic E-state index is -0.997. The smallest absolute Gasteiger partial charge is 0.338 e. The Labute approximate surface area is 87.7 Å². The predicted molar refractivity (Wildman–Crippen MR) is 54.2 cm³/mol. The number of aromatic nitrogens is 2. The quantitative estimate of drug-likeness (QED) is 0.845. The van der Waals surface area contributed by atoms with E-state index in [9.17, 15) is 4.79 Å². The molecular weight excluding hydrogens is 248 g/mol. The number of carboxylic acids is 1. The van der Waals surface area contributed by atoms with Gasteiger partial charge in [-0.1, -0.05) is 15.9 Å². The van der Waals surface area contributed by atoms with E-state index < -0.39 is 5.97 Å². The van der Waals surface area contributed by atoms with Crippen molar-refractivity contribution >= 4 is 32.8 Å². The number of rotatable bonds is 1. The van der Waals surface area contributed by atoms with E-state index in [4.69, 9.17) is 5.11 Å². The van der Waals surface area contributed by atoms with E-state index in [1.165, 1.54) is 6.20 Å². The van der Waals surface area contributed by atoms with Gasteiger partial charge in [0, 0.05) is 9.86 Å². The second-order valence-corrected chi connectivity index (χ2v) is 3.64. The van der Waals surface area contributed by atoms with Gasteiger partial charge in [0.1, 0.15) is 0 Å². The number of fused-ring (bicyclic) bond motifs is 1. The van der Waals surface area contributed by atoms with Crippen LogP contribution in [0.25, 0.3) is 10.9 Å². The van der Waals surface area contributed by atoms with E-state index in [1.54, 1.807) is 18.2 Å². The van der Waals surface area contributed by atoms with Gasteiger partial charge in [0.2, 0.25) is 0 Å². The Morgan fingerprint density at radius 3 is 2.93 bits per heavy atom. The number of nitrogens with zero attached hydrogens (tertiary/aromatic N) is 2. The molecule has 0 saturated heterocycles. The SMILES string of the molecule is O=C(O)c1cnnc2ccc(Br)cc12. The Kier molecular flexibility index (Phi) is 2.17. The first kappa shape index (κ1) is 9.08. The molecule has 14 heavy (non-hydrogen) atoms. The standard InChI is InChI=1S/C9H5BrN2O2/c10-5-1-2-8-6(3-5)7(9(13)14)4-11-12-8/h1-4H,(H,13,14). The van der Waals surface area contributed by atoms with Crippen LogP contribution in [-0.2, 0) is 0 Å². The molecule has 0 radical (unpaired) electrons. The van der Waals surface area contributed by atoms with Gasteiger partial charge < -0.3 is 5.11 Å². The van der Waals surface area contributed by atoms with Crippen molar-refractivity contribution in [1.29, 1.82) is 0 Å². The molecule has 0 bridgehead atoms. The molecular formula is C9H5BrN2O2. The molecule has 0 saturated carbocycles. The lowest BCUT2D eigenvalue weighted by atomic mass is 10.1. The van der Waals surface area contributed by atoms with Crippen molar-refractivity contribution in [2.45, 2.75) is 0 Å². The van der Waals surface area contributed by atoms with E-state index in [0.29, 0.717) is 10.9 Å². The van der Waals surface area contributed by atoms with Crippen LogP contribution in [0.5, 0.6) is 0 Å². The summed E-state index contributed by atoms with van der Waals surface area (Å²) in [6.45, 7) is 0. The Morgan fingerprint density at radius 2 is 2.21 bits per heavy atom. The average Bonchev–Trinajstić information content (AvgIpc) is 2.16. The van der Waals surface area contributed by atoms with Gasteiger partial charge in [-0.2, -0.15) is 10.2 Å². The van der Waals surface area contributed by atoms with Crippen molar-refractivity contribution in [2.75, 3.05) is 0 Å². The minimum Gasteiger partial charge on any atom is -0.478 e. The van der Waals surface area contributed by atoms with Crippen molar-refractivity contribution in [2.24, 2.45) is 0 Å². The van der Waals surface area contributed by atoms with Crippen molar-refractivity contribution in [3.05, 3.63) is 34.4 Å². The molecule has 4 nitrogen and oxygen atoms in total. The Bertz CT molecular complexity index is 513. The van der Waals surface area contributed by atoms with Crippen molar-refractivity contribution in [3.63, 3.8) is 0 Å². The Morgan fingerprint density at radius 1 is 1.43 bits per heavy atom. The molecule has 1 aromatic carbocycles. The highest BCUT2D eigenvalue weighted by atomic mass is 79.9. The maximum Gasteiger partial charge on any atom is 0.338 e. The van der Waals surface area contributed by atoms with Crippen LogP contribution >= 0.6 is 15.9 Å². The molecule has 0 aliphatic carbocycles. The van der Waals surface area contributed by atoms with Gasteiger partial charge in [-0.3, -0.25) is 0 Å². The summed E-state index contributed by atoms with van der Waals surface area (Å²) in [7, 11) is 0. The number of aromatic carboxylic acids is 1. The van der Waals surface area contributed by atoms with E-state index in [-0.39, 0.29) is 5.56 Å². The summed E-state index contributed by atoms with van der Waals surface area (Å²) in [5.74, 6) is -0.997. The molecule has 70 valence electrons. The van der Waals surface area contributed by atoms with Crippen LogP contribution in [0.3, 0.4) is 0 Å². The number of carbonyl (C=O) groups is 1. The molecule has 0 atom stereocenters. The predicted octanol–water partition coefficient (Wildman–Crippen LogP) is 2.09. The zero-order valence-electron chi connectivity index (χ0n) is 6.94. The lowest BCUT2D eigenvalue weighted by Crippen LogP contribution is -1.99. The second-order valence-electron chi connectivity index (χ2n) is 2.72. The fourth-order valence-corrected chi connectivity index (χ4v) is 1.56. The maximum atomic E-state index is 10.8. The zero-order chi connectivity index (χ0) is 10.1. The summed E-state index contributed by atoms with van der Waals surface area (Å²) < 4.78 is 0.820. The number of carboxylic acid groups (broad SMARTS) is 1. The van der Waals surface area contributed by atoms with Gasteiger partial charge in [-0.05, 0) is 18.2 Å². The maximum absolute atomic E-state index is 10.8. The zero-order valence-corrected chi connectivity index (χ0v) is 8.52. The molecule has 0 spiro atoms. The first-order valence-electron chi connectivity index (χ1n) is 3.83. The summed E-state index contributed by atoms with van der Waals surface area (Å²) >= 11 is 3.27. The van der Waals surface area contributed by atoms with Crippen LogP contribution in [0.1, 0.15) is 10.4 Å². The lowest BCUT2D eigenvalue weighted by molar-refractivity contribution is 0.0698. The number of hydrogen-bond acceptors (Lipinski definition) is 3. The van der Waals surface area contributed by atoms with Crippen LogP contribution in [0.15, 0.2) is 28.9 Å². The van der Waals surface area contributed by atoms with Gasteiger partial charge in [-0.15, -0.1) is 0 Å². The van der Waals surface area contributed by atoms with E-state index in [0.717, 1.165) is 4.47 Å². The second kappa shape index (κ2) is 3.34. The van der Waals surface area contributed by atoms with Crippen molar-refractivity contribution in [1.82, 2.24) is 10.2 Å². The third-order valence-electron chi connectivity index (χ3n) is 1.83. The van der Waals surface area contributed by atoms with Crippen LogP contribution in [0.4, 0.5) is 0 Å². The highest BCUT2D eigenvalue weighted by Crippen LogP contribution is 2.20. The van der Waals surface area contributed by atoms with Gasteiger partial charge in [0.15, 0.2) is 0 Å². The van der Waals surface area contributed by atoms with E-state index in [2.05, 4.69) is 26.1 Å². The number of hydrogen-bond donors (Lipinski definition) is 1. The fourth-order valence-electron chi connectivity index (χ4n) is 1.20. The lowest BCUT2D eigenvalue weighted by Gasteiger charge is -2.00. The van der Waals surface area contributed by atoms with Gasteiger partial charge in [0.25, 0.3) is 0 Å². The highest BCUT2D eigenvalue weighted by Gasteiger charge is 2.09. The largest absolute Gasteiger partial charge is 0.478 e. The molecule has 1 N–H and O–H groups in total. The number of halogens is 1. The van der Waals surface area contributed by atoms with Crippen LogP contribution in [0, 0.1) is 0 Å². The van der Waals surface area contributed by atoms with E-state index >= 15 is 0 Å². The van der Waals surface area contributed by atoms with Crippen LogP contribution in [0.2, 0.25) is 0 Å². The molecule has 1 heterocycles. The first-order chi connectivity index (χ1) is 6.68.